The van der Waals surface area contributed by atoms with Crippen LogP contribution in [0.5, 0.6) is 5.75 Å². The maximum Gasteiger partial charge on any atom is 0.261 e. The first-order valence-corrected chi connectivity index (χ1v) is 11.2. The molecular weight excluding hydrogens is 410 g/mol. The van der Waals surface area contributed by atoms with Crippen LogP contribution in [0.3, 0.4) is 0 Å². The lowest BCUT2D eigenvalue weighted by atomic mass is 9.95. The van der Waals surface area contributed by atoms with Gasteiger partial charge in [-0.1, -0.05) is 50.5 Å². The van der Waals surface area contributed by atoms with Gasteiger partial charge in [-0.25, -0.2) is 0 Å². The van der Waals surface area contributed by atoms with Crippen molar-refractivity contribution in [2.45, 2.75) is 51.5 Å². The molecule has 164 valence electrons. The molecule has 7 heteroatoms. The summed E-state index contributed by atoms with van der Waals surface area (Å²) in [6.45, 7) is 2.53. The Labute approximate surface area is 188 Å². The van der Waals surface area contributed by atoms with Gasteiger partial charge < -0.3 is 15.4 Å². The second-order valence-electron chi connectivity index (χ2n) is 7.61. The van der Waals surface area contributed by atoms with E-state index in [0.29, 0.717) is 29.2 Å². The van der Waals surface area contributed by atoms with Crippen LogP contribution in [-0.4, -0.2) is 29.6 Å². The maximum atomic E-state index is 12.8. The number of anilines is 1. The summed E-state index contributed by atoms with van der Waals surface area (Å²) in [6, 6.07) is 14.4. The fraction of sp³-hybridized carbons (Fsp3) is 0.375. The third-order valence-corrected chi connectivity index (χ3v) is 5.38. The molecule has 0 radical (unpaired) electrons. The zero-order valence-corrected chi connectivity index (χ0v) is 18.6. The van der Waals surface area contributed by atoms with E-state index >= 15 is 0 Å². The van der Waals surface area contributed by atoms with Gasteiger partial charge in [-0.05, 0) is 55.7 Å². The number of para-hydroxylation sites is 2. The van der Waals surface area contributed by atoms with Crippen molar-refractivity contribution in [2.75, 3.05) is 11.9 Å². The van der Waals surface area contributed by atoms with Crippen molar-refractivity contribution in [1.29, 1.82) is 0 Å². The highest BCUT2D eigenvalue weighted by Gasteiger charge is 2.19. The van der Waals surface area contributed by atoms with Crippen molar-refractivity contribution in [2.24, 2.45) is 0 Å². The Hall–Kier alpha value is -2.93. The number of carbonyl (C=O) groups is 2. The van der Waals surface area contributed by atoms with Gasteiger partial charge in [0.15, 0.2) is 5.11 Å². The summed E-state index contributed by atoms with van der Waals surface area (Å²) in [4.78, 5) is 25.5. The first-order chi connectivity index (χ1) is 15.1. The molecule has 0 aromatic heterocycles. The van der Waals surface area contributed by atoms with Crippen LogP contribution in [0.2, 0.25) is 0 Å². The molecule has 1 fully saturated rings. The molecule has 2 aromatic carbocycles. The predicted molar refractivity (Wildman–Crippen MR) is 127 cm³/mol. The molecular formula is C24H29N3O3S. The van der Waals surface area contributed by atoms with Crippen LogP contribution in [-0.2, 0) is 0 Å². The summed E-state index contributed by atoms with van der Waals surface area (Å²) in [5, 5.41) is 8.90. The molecule has 2 amide bonds. The summed E-state index contributed by atoms with van der Waals surface area (Å²) >= 11 is 5.33. The quantitative estimate of drug-likeness (QED) is 0.547. The number of thiocarbonyl (C=S) groups is 1. The zero-order chi connectivity index (χ0) is 22.1. The average molecular weight is 440 g/mol. The molecule has 1 saturated carbocycles. The molecule has 1 aliphatic carbocycles. The van der Waals surface area contributed by atoms with Crippen molar-refractivity contribution >= 4 is 34.8 Å². The third kappa shape index (κ3) is 6.52. The van der Waals surface area contributed by atoms with Crippen LogP contribution in [0.4, 0.5) is 5.69 Å². The minimum absolute atomic E-state index is 0.119. The predicted octanol–water partition coefficient (Wildman–Crippen LogP) is 4.66. The summed E-state index contributed by atoms with van der Waals surface area (Å²) in [7, 11) is 0. The van der Waals surface area contributed by atoms with E-state index in [1.54, 1.807) is 30.3 Å². The Kier molecular flexibility index (Phi) is 8.41. The Balaban J connectivity index is 1.64. The van der Waals surface area contributed by atoms with Gasteiger partial charge in [-0.3, -0.25) is 14.9 Å². The van der Waals surface area contributed by atoms with Crippen LogP contribution in [0.15, 0.2) is 48.5 Å². The molecule has 1 aliphatic rings. The van der Waals surface area contributed by atoms with E-state index in [2.05, 4.69) is 16.0 Å². The lowest BCUT2D eigenvalue weighted by molar-refractivity contribution is 0.0927. The van der Waals surface area contributed by atoms with E-state index in [9.17, 15) is 9.59 Å². The highest BCUT2D eigenvalue weighted by atomic mass is 32.1. The number of ether oxygens (including phenoxy) is 1. The molecule has 0 unspecified atom stereocenters. The number of hydrogen-bond donors (Lipinski definition) is 3. The number of benzene rings is 2. The normalized spacial score (nSPS) is 13.8. The van der Waals surface area contributed by atoms with Gasteiger partial charge in [0.1, 0.15) is 5.75 Å². The van der Waals surface area contributed by atoms with Gasteiger partial charge in [0.05, 0.1) is 23.4 Å². The number of hydrogen-bond acceptors (Lipinski definition) is 4. The fourth-order valence-corrected chi connectivity index (χ4v) is 3.82. The molecule has 31 heavy (non-hydrogen) atoms. The van der Waals surface area contributed by atoms with Crippen molar-refractivity contribution in [3.8, 4) is 5.75 Å². The van der Waals surface area contributed by atoms with Crippen LogP contribution in [0.1, 0.15) is 66.2 Å². The molecule has 3 N–H and O–H groups in total. The maximum absolute atomic E-state index is 12.8. The van der Waals surface area contributed by atoms with Gasteiger partial charge in [0.2, 0.25) is 0 Å². The van der Waals surface area contributed by atoms with Crippen molar-refractivity contribution in [3.05, 3.63) is 59.7 Å². The summed E-state index contributed by atoms with van der Waals surface area (Å²) < 4.78 is 5.65. The molecule has 0 aliphatic heterocycles. The van der Waals surface area contributed by atoms with Gasteiger partial charge >= 0.3 is 0 Å². The molecule has 6 nitrogen and oxygen atoms in total. The molecule has 0 atom stereocenters. The average Bonchev–Trinajstić information content (AvgIpc) is 2.78. The first-order valence-electron chi connectivity index (χ1n) is 10.8. The summed E-state index contributed by atoms with van der Waals surface area (Å²) in [5.41, 5.74) is 1.46. The number of amides is 2. The fourth-order valence-electron chi connectivity index (χ4n) is 3.62. The van der Waals surface area contributed by atoms with Gasteiger partial charge in [-0.2, -0.15) is 0 Å². The minimum atomic E-state index is -0.367. The summed E-state index contributed by atoms with van der Waals surface area (Å²) in [6.07, 6.45) is 6.38. The first kappa shape index (κ1) is 22.7. The van der Waals surface area contributed by atoms with E-state index in [4.69, 9.17) is 17.0 Å². The van der Waals surface area contributed by atoms with Crippen molar-refractivity contribution in [1.82, 2.24) is 10.6 Å². The Morgan fingerprint density at radius 2 is 1.65 bits per heavy atom. The highest BCUT2D eigenvalue weighted by molar-refractivity contribution is 7.80. The van der Waals surface area contributed by atoms with Crippen LogP contribution < -0.4 is 20.7 Å². The Bertz CT molecular complexity index is 926. The molecule has 0 spiro atoms. The molecule has 0 bridgehead atoms. The number of carbonyl (C=O) groups excluding carboxylic acids is 2. The Morgan fingerprint density at radius 1 is 0.968 bits per heavy atom. The molecule has 3 rings (SSSR count). The van der Waals surface area contributed by atoms with Crippen molar-refractivity contribution < 1.29 is 14.3 Å². The lowest BCUT2D eigenvalue weighted by Crippen LogP contribution is -2.37. The van der Waals surface area contributed by atoms with E-state index in [0.717, 1.165) is 32.1 Å². The van der Waals surface area contributed by atoms with E-state index in [-0.39, 0.29) is 23.0 Å². The van der Waals surface area contributed by atoms with Gasteiger partial charge in [0.25, 0.3) is 11.8 Å². The van der Waals surface area contributed by atoms with Crippen LogP contribution in [0.25, 0.3) is 0 Å². The second-order valence-corrected chi connectivity index (χ2v) is 8.02. The van der Waals surface area contributed by atoms with E-state index in [1.807, 2.05) is 25.1 Å². The molecule has 0 heterocycles. The zero-order valence-electron chi connectivity index (χ0n) is 17.8. The smallest absolute Gasteiger partial charge is 0.261 e. The third-order valence-electron chi connectivity index (χ3n) is 5.18. The second kappa shape index (κ2) is 11.5. The minimum Gasteiger partial charge on any atom is -0.493 e. The topological polar surface area (TPSA) is 79.5 Å². The largest absolute Gasteiger partial charge is 0.493 e. The SMILES string of the molecule is CCCOc1ccccc1C(=O)NC(=S)Nc1ccccc1C(=O)NC1CCCCC1. The van der Waals surface area contributed by atoms with Gasteiger partial charge in [-0.15, -0.1) is 0 Å². The number of rotatable bonds is 7. The monoisotopic (exact) mass is 439 g/mol. The number of nitrogens with one attached hydrogen (secondary N) is 3. The van der Waals surface area contributed by atoms with Crippen LogP contribution in [0, 0.1) is 0 Å². The van der Waals surface area contributed by atoms with Gasteiger partial charge in [0, 0.05) is 6.04 Å². The Morgan fingerprint density at radius 3 is 2.39 bits per heavy atom. The highest BCUT2D eigenvalue weighted by Crippen LogP contribution is 2.21. The standard InChI is InChI=1S/C24H29N3O3S/c1-2-16-30-21-15-9-7-13-19(21)23(29)27-24(31)26-20-14-8-6-12-18(20)22(28)25-17-10-4-3-5-11-17/h6-9,12-15,17H,2-5,10-11,16H2,1H3,(H,25,28)(H2,26,27,29,31). The van der Waals surface area contributed by atoms with Crippen molar-refractivity contribution in [3.63, 3.8) is 0 Å². The molecule has 2 aromatic rings. The van der Waals surface area contributed by atoms with E-state index in [1.165, 1.54) is 6.42 Å². The van der Waals surface area contributed by atoms with E-state index < -0.39 is 0 Å². The molecule has 0 saturated heterocycles. The van der Waals surface area contributed by atoms with Crippen LogP contribution >= 0.6 is 12.2 Å². The lowest BCUT2D eigenvalue weighted by Gasteiger charge is -2.23. The summed E-state index contributed by atoms with van der Waals surface area (Å²) in [5.74, 6) is 0.00712.